The number of hydrogen-bond donors (Lipinski definition) is 1. The van der Waals surface area contributed by atoms with Gasteiger partial charge in [0.15, 0.2) is 11.5 Å². The van der Waals surface area contributed by atoms with Gasteiger partial charge < -0.3 is 14.8 Å². The number of para-hydroxylation sites is 2. The summed E-state index contributed by atoms with van der Waals surface area (Å²) in [6.45, 7) is 6.90. The summed E-state index contributed by atoms with van der Waals surface area (Å²) in [6, 6.07) is 11.5. The zero-order valence-electron chi connectivity index (χ0n) is 19.7. The van der Waals surface area contributed by atoms with E-state index in [0.717, 1.165) is 41.9 Å². The first-order chi connectivity index (χ1) is 16.6. The Labute approximate surface area is 204 Å². The van der Waals surface area contributed by atoms with E-state index in [4.69, 9.17) is 9.47 Å². The summed E-state index contributed by atoms with van der Waals surface area (Å²) in [7, 11) is 0. The summed E-state index contributed by atoms with van der Waals surface area (Å²) in [5.41, 5.74) is 1.88. The second-order valence-corrected chi connectivity index (χ2v) is 9.49. The molecule has 8 nitrogen and oxygen atoms in total. The molecule has 0 unspecified atom stereocenters. The quantitative estimate of drug-likeness (QED) is 0.573. The molecule has 3 aromatic rings. The topological polar surface area (TPSA) is 89.5 Å². The molecule has 0 bridgehead atoms. The normalized spacial score (nSPS) is 15.0. The number of fused-ring (bicyclic) bond motifs is 2. The largest absolute Gasteiger partial charge is 0.490 e. The van der Waals surface area contributed by atoms with Crippen molar-refractivity contribution >= 4 is 17.4 Å². The van der Waals surface area contributed by atoms with Gasteiger partial charge >= 0.3 is 0 Å². The van der Waals surface area contributed by atoms with Crippen molar-refractivity contribution in [3.05, 3.63) is 58.7 Å². The Morgan fingerprint density at radius 3 is 2.85 bits per heavy atom. The van der Waals surface area contributed by atoms with Gasteiger partial charge in [0, 0.05) is 18.3 Å². The van der Waals surface area contributed by atoms with Gasteiger partial charge in [0.2, 0.25) is 11.8 Å². The highest BCUT2D eigenvalue weighted by atomic mass is 32.1. The lowest BCUT2D eigenvalue weighted by Gasteiger charge is -2.22. The Balaban J connectivity index is 1.46. The molecule has 1 N–H and O–H groups in total. The molecule has 0 radical (unpaired) electrons. The van der Waals surface area contributed by atoms with Crippen molar-refractivity contribution in [3.8, 4) is 17.4 Å². The Morgan fingerprint density at radius 1 is 1.15 bits per heavy atom. The second-order valence-electron chi connectivity index (χ2n) is 8.65. The molecular weight excluding hydrogens is 450 g/mol. The van der Waals surface area contributed by atoms with E-state index >= 15 is 0 Å². The lowest BCUT2D eigenvalue weighted by Crippen LogP contribution is -2.37. The molecule has 4 rings (SSSR count). The van der Waals surface area contributed by atoms with Crippen LogP contribution in [0.5, 0.6) is 17.4 Å². The summed E-state index contributed by atoms with van der Waals surface area (Å²) in [6.07, 6.45) is 4.65. The van der Waals surface area contributed by atoms with Crippen LogP contribution < -0.4 is 14.8 Å². The highest BCUT2D eigenvalue weighted by Gasteiger charge is 2.18. The predicted octanol–water partition coefficient (Wildman–Crippen LogP) is 4.53. The number of hydrogen-bond acceptors (Lipinski definition) is 8. The van der Waals surface area contributed by atoms with Crippen LogP contribution in [0.15, 0.2) is 42.6 Å². The molecule has 0 aliphatic carbocycles. The number of benzene rings is 1. The van der Waals surface area contributed by atoms with Crippen LogP contribution in [0, 0.1) is 0 Å². The molecule has 2 aromatic heterocycles. The SMILES string of the molecule is CC(C)c1nnsc1CNC(=O)CN1CCCCCOc2ccccc2Oc2ncccc2C1. The smallest absolute Gasteiger partial charge is 0.234 e. The fourth-order valence-electron chi connectivity index (χ4n) is 3.86. The van der Waals surface area contributed by atoms with Crippen molar-refractivity contribution in [1.29, 1.82) is 0 Å². The molecular formula is C25H31N5O3S. The van der Waals surface area contributed by atoms with Gasteiger partial charge in [0.1, 0.15) is 0 Å². The van der Waals surface area contributed by atoms with Crippen molar-refractivity contribution in [2.45, 2.75) is 52.1 Å². The third kappa shape index (κ3) is 6.51. The Morgan fingerprint density at radius 2 is 2.00 bits per heavy atom. The molecule has 0 saturated carbocycles. The lowest BCUT2D eigenvalue weighted by molar-refractivity contribution is -0.122. The maximum absolute atomic E-state index is 12.8. The lowest BCUT2D eigenvalue weighted by atomic mass is 10.1. The van der Waals surface area contributed by atoms with Crippen molar-refractivity contribution in [3.63, 3.8) is 0 Å². The highest BCUT2D eigenvalue weighted by molar-refractivity contribution is 7.05. The molecule has 1 aromatic carbocycles. The number of amides is 1. The van der Waals surface area contributed by atoms with Crippen molar-refractivity contribution in [2.75, 3.05) is 19.7 Å². The summed E-state index contributed by atoms with van der Waals surface area (Å²) < 4.78 is 16.2. The average molecular weight is 482 g/mol. The zero-order valence-corrected chi connectivity index (χ0v) is 20.5. The fourth-order valence-corrected chi connectivity index (χ4v) is 4.59. The van der Waals surface area contributed by atoms with Gasteiger partial charge in [-0.25, -0.2) is 4.98 Å². The molecule has 1 aliphatic heterocycles. The number of ether oxygens (including phenoxy) is 2. The highest BCUT2D eigenvalue weighted by Crippen LogP contribution is 2.32. The number of carbonyl (C=O) groups excluding carboxylic acids is 1. The van der Waals surface area contributed by atoms with Crippen LogP contribution in [0.4, 0.5) is 0 Å². The molecule has 0 fully saturated rings. The number of pyridine rings is 1. The molecule has 0 saturated heterocycles. The van der Waals surface area contributed by atoms with Crippen LogP contribution in [0.25, 0.3) is 0 Å². The van der Waals surface area contributed by atoms with E-state index in [2.05, 4.69) is 38.6 Å². The third-order valence-corrected chi connectivity index (χ3v) is 6.36. The standard InChI is InChI=1S/C25H31N5O3S/c1-18(2)24-22(34-29-28-24)15-27-23(31)17-30-13-6-3-7-14-32-20-10-4-5-11-21(20)33-25-19(16-30)9-8-12-26-25/h4-5,8-12,18H,3,6-7,13-17H2,1-2H3,(H,27,31). The van der Waals surface area contributed by atoms with Crippen LogP contribution in [0.2, 0.25) is 0 Å². The minimum atomic E-state index is -0.0209. The monoisotopic (exact) mass is 481 g/mol. The number of rotatable bonds is 5. The first-order valence-corrected chi connectivity index (χ1v) is 12.5. The van der Waals surface area contributed by atoms with Crippen LogP contribution in [0.3, 0.4) is 0 Å². The van der Waals surface area contributed by atoms with Crippen LogP contribution in [-0.2, 0) is 17.9 Å². The molecule has 0 atom stereocenters. The van der Waals surface area contributed by atoms with E-state index in [1.807, 2.05) is 36.4 Å². The number of carbonyl (C=O) groups is 1. The van der Waals surface area contributed by atoms with Crippen molar-refractivity contribution in [1.82, 2.24) is 24.8 Å². The number of aromatic nitrogens is 3. The molecule has 1 aliphatic rings. The van der Waals surface area contributed by atoms with Crippen LogP contribution >= 0.6 is 11.5 Å². The van der Waals surface area contributed by atoms with E-state index in [1.54, 1.807) is 6.20 Å². The van der Waals surface area contributed by atoms with E-state index in [9.17, 15) is 4.79 Å². The maximum Gasteiger partial charge on any atom is 0.234 e. The Hall–Kier alpha value is -3.04. The molecule has 1 amide bonds. The second kappa shape index (κ2) is 11.9. The van der Waals surface area contributed by atoms with Crippen molar-refractivity contribution in [2.24, 2.45) is 0 Å². The van der Waals surface area contributed by atoms with Gasteiger partial charge in [0.05, 0.1) is 30.3 Å². The first kappa shape index (κ1) is 24.1. The summed E-state index contributed by atoms with van der Waals surface area (Å²) >= 11 is 1.34. The minimum absolute atomic E-state index is 0.0209. The Kier molecular flexibility index (Phi) is 8.43. The predicted molar refractivity (Wildman–Crippen MR) is 131 cm³/mol. The van der Waals surface area contributed by atoms with Gasteiger partial charge in [-0.2, -0.15) is 0 Å². The van der Waals surface area contributed by atoms with Gasteiger partial charge in [-0.1, -0.05) is 36.5 Å². The average Bonchev–Trinajstić information content (AvgIpc) is 3.31. The molecule has 0 spiro atoms. The van der Waals surface area contributed by atoms with Crippen molar-refractivity contribution < 1.29 is 14.3 Å². The molecule has 3 heterocycles. The molecule has 9 heteroatoms. The van der Waals surface area contributed by atoms with E-state index in [0.29, 0.717) is 43.6 Å². The Bertz CT molecular complexity index is 1090. The van der Waals surface area contributed by atoms with Crippen LogP contribution in [-0.4, -0.2) is 45.1 Å². The summed E-state index contributed by atoms with van der Waals surface area (Å²) in [4.78, 5) is 20.5. The van der Waals surface area contributed by atoms with E-state index in [-0.39, 0.29) is 11.8 Å². The number of nitrogens with zero attached hydrogens (tertiary/aromatic N) is 4. The molecule has 34 heavy (non-hydrogen) atoms. The fraction of sp³-hybridized carbons (Fsp3) is 0.440. The molecule has 180 valence electrons. The van der Waals surface area contributed by atoms with Crippen LogP contribution in [0.1, 0.15) is 55.2 Å². The van der Waals surface area contributed by atoms with E-state index < -0.39 is 0 Å². The van der Waals surface area contributed by atoms with Gasteiger partial charge in [-0.15, -0.1) is 5.10 Å². The summed E-state index contributed by atoms with van der Waals surface area (Å²) in [5.74, 6) is 2.15. The minimum Gasteiger partial charge on any atom is -0.490 e. The summed E-state index contributed by atoms with van der Waals surface area (Å²) in [5, 5.41) is 7.24. The number of nitrogens with one attached hydrogen (secondary N) is 1. The maximum atomic E-state index is 12.8. The third-order valence-electron chi connectivity index (χ3n) is 5.62. The van der Waals surface area contributed by atoms with Gasteiger partial charge in [0.25, 0.3) is 0 Å². The zero-order chi connectivity index (χ0) is 23.8. The first-order valence-electron chi connectivity index (χ1n) is 11.7. The van der Waals surface area contributed by atoms with Gasteiger partial charge in [-0.05, 0) is 61.5 Å². The van der Waals surface area contributed by atoms with E-state index in [1.165, 1.54) is 11.5 Å². The van der Waals surface area contributed by atoms with Gasteiger partial charge in [-0.3, -0.25) is 9.69 Å².